The lowest BCUT2D eigenvalue weighted by molar-refractivity contribution is 1.07. The smallest absolute Gasteiger partial charge is 0.164 e. The van der Waals surface area contributed by atoms with Gasteiger partial charge in [0.25, 0.3) is 0 Å². The van der Waals surface area contributed by atoms with E-state index >= 15 is 0 Å². The third kappa shape index (κ3) is 5.75. The van der Waals surface area contributed by atoms with Gasteiger partial charge in [0.15, 0.2) is 17.5 Å². The second-order valence-electron chi connectivity index (χ2n) is 13.8. The van der Waals surface area contributed by atoms with Crippen molar-refractivity contribution in [2.45, 2.75) is 0 Å². The topological polar surface area (TPSA) is 51.6 Å². The van der Waals surface area contributed by atoms with Crippen LogP contribution < -0.4 is 0 Å². The van der Waals surface area contributed by atoms with E-state index in [9.17, 15) is 0 Å². The Bertz CT molecular complexity index is 3240. The summed E-state index contributed by atoms with van der Waals surface area (Å²) >= 11 is 3.59. The van der Waals surface area contributed by atoms with E-state index in [1.54, 1.807) is 11.3 Å². The van der Waals surface area contributed by atoms with Gasteiger partial charge < -0.3 is 0 Å². The van der Waals surface area contributed by atoms with E-state index in [1.807, 2.05) is 53.8 Å². The molecule has 11 aromatic rings. The number of benzene rings is 8. The molecule has 0 spiro atoms. The van der Waals surface area contributed by atoms with Crippen molar-refractivity contribution >= 4 is 63.8 Å². The molecule has 4 nitrogen and oxygen atoms in total. The number of hydrogen-bond donors (Lipinski definition) is 0. The highest BCUT2D eigenvalue weighted by Gasteiger charge is 2.18. The maximum absolute atomic E-state index is 5.11. The summed E-state index contributed by atoms with van der Waals surface area (Å²) in [7, 11) is 0. The molecular weight excluding hydrogens is 721 g/mol. The molecule has 0 saturated heterocycles. The first kappa shape index (κ1) is 32.6. The normalized spacial score (nSPS) is 11.6. The van der Waals surface area contributed by atoms with Crippen molar-refractivity contribution in [2.24, 2.45) is 0 Å². The Hall–Kier alpha value is -6.86. The zero-order valence-corrected chi connectivity index (χ0v) is 31.6. The van der Waals surface area contributed by atoms with Crippen LogP contribution in [0.3, 0.4) is 0 Å². The lowest BCUT2D eigenvalue weighted by atomic mass is 9.94. The number of rotatable bonds is 6. The molecule has 0 fully saturated rings. The number of thiazole rings is 1. The van der Waals surface area contributed by atoms with E-state index in [0.29, 0.717) is 17.5 Å². The summed E-state index contributed by atoms with van der Waals surface area (Å²) in [6.45, 7) is 0. The van der Waals surface area contributed by atoms with Crippen LogP contribution in [0.15, 0.2) is 182 Å². The molecule has 3 heterocycles. The highest BCUT2D eigenvalue weighted by atomic mass is 32.1. The first-order valence-electron chi connectivity index (χ1n) is 18.5. The molecule has 8 aromatic carbocycles. The van der Waals surface area contributed by atoms with Crippen LogP contribution >= 0.6 is 22.7 Å². The molecule has 0 radical (unpaired) electrons. The van der Waals surface area contributed by atoms with E-state index in [4.69, 9.17) is 19.9 Å². The Kier molecular flexibility index (Phi) is 7.83. The average molecular weight is 751 g/mol. The van der Waals surface area contributed by atoms with Crippen molar-refractivity contribution in [3.63, 3.8) is 0 Å². The van der Waals surface area contributed by atoms with Gasteiger partial charge in [0, 0.05) is 42.4 Å². The zero-order valence-electron chi connectivity index (χ0n) is 29.9. The molecule has 0 aliphatic carbocycles. The Morgan fingerprint density at radius 3 is 1.70 bits per heavy atom. The van der Waals surface area contributed by atoms with Gasteiger partial charge in [0.1, 0.15) is 5.01 Å². The van der Waals surface area contributed by atoms with Gasteiger partial charge in [-0.1, -0.05) is 152 Å². The van der Waals surface area contributed by atoms with Crippen LogP contribution in [0.25, 0.3) is 108 Å². The van der Waals surface area contributed by atoms with Crippen molar-refractivity contribution in [1.29, 1.82) is 0 Å². The Labute approximate surface area is 331 Å². The van der Waals surface area contributed by atoms with Crippen LogP contribution in [0.5, 0.6) is 0 Å². The monoisotopic (exact) mass is 750 g/mol. The molecule has 0 N–H and O–H groups in total. The van der Waals surface area contributed by atoms with Gasteiger partial charge in [0.2, 0.25) is 0 Å². The SMILES string of the molecule is c1ccc(-c2cccc(-c3nc(-c4ccccc4)nc(-c4ccc5c(-c6cccc7sc8cc9nc(-c%10ccccc%10)sc9cc8c67)cccc5c4)n3)c2)cc1. The van der Waals surface area contributed by atoms with Crippen LogP contribution in [0.4, 0.5) is 0 Å². The minimum absolute atomic E-state index is 0.639. The van der Waals surface area contributed by atoms with E-state index < -0.39 is 0 Å². The molecule has 0 aliphatic rings. The van der Waals surface area contributed by atoms with Crippen LogP contribution in [0.2, 0.25) is 0 Å². The van der Waals surface area contributed by atoms with Crippen molar-refractivity contribution in [3.8, 4) is 67.0 Å². The van der Waals surface area contributed by atoms with Crippen LogP contribution in [-0.4, -0.2) is 19.9 Å². The third-order valence-electron chi connectivity index (χ3n) is 10.4. The molecule has 0 aliphatic heterocycles. The Morgan fingerprint density at radius 2 is 0.929 bits per heavy atom. The molecule has 56 heavy (non-hydrogen) atoms. The van der Waals surface area contributed by atoms with Crippen molar-refractivity contribution < 1.29 is 0 Å². The van der Waals surface area contributed by atoms with Gasteiger partial charge in [-0.15, -0.1) is 22.7 Å². The van der Waals surface area contributed by atoms with Crippen LogP contribution in [0.1, 0.15) is 0 Å². The summed E-state index contributed by atoms with van der Waals surface area (Å²) in [5, 5.41) is 5.92. The van der Waals surface area contributed by atoms with Crippen LogP contribution in [-0.2, 0) is 0 Å². The maximum Gasteiger partial charge on any atom is 0.164 e. The minimum Gasteiger partial charge on any atom is -0.236 e. The fourth-order valence-electron chi connectivity index (χ4n) is 7.65. The Balaban J connectivity index is 1.03. The summed E-state index contributed by atoms with van der Waals surface area (Å²) in [5.74, 6) is 1.93. The molecule has 3 aromatic heterocycles. The molecule has 11 rings (SSSR count). The molecular formula is C50H30N4S2. The molecule has 0 amide bonds. The van der Waals surface area contributed by atoms with Gasteiger partial charge in [-0.25, -0.2) is 19.9 Å². The molecule has 262 valence electrons. The lowest BCUT2D eigenvalue weighted by Crippen LogP contribution is -2.00. The summed E-state index contributed by atoms with van der Waals surface area (Å²) in [4.78, 5) is 20.2. The Morgan fingerprint density at radius 1 is 0.321 bits per heavy atom. The van der Waals surface area contributed by atoms with Gasteiger partial charge >= 0.3 is 0 Å². The first-order valence-corrected chi connectivity index (χ1v) is 20.2. The number of aromatic nitrogens is 4. The number of fused-ring (bicyclic) bond motifs is 5. The predicted octanol–water partition coefficient (Wildman–Crippen LogP) is 14.0. The van der Waals surface area contributed by atoms with Crippen molar-refractivity contribution in [2.75, 3.05) is 0 Å². The van der Waals surface area contributed by atoms with Crippen LogP contribution in [0, 0.1) is 0 Å². The van der Waals surface area contributed by atoms with E-state index in [2.05, 4.69) is 140 Å². The summed E-state index contributed by atoms with van der Waals surface area (Å²) in [5.41, 5.74) is 9.73. The first-order chi connectivity index (χ1) is 27.7. The maximum atomic E-state index is 5.11. The van der Waals surface area contributed by atoms with Gasteiger partial charge in [0.05, 0.1) is 10.2 Å². The van der Waals surface area contributed by atoms with E-state index in [0.717, 1.165) is 49.3 Å². The molecule has 0 bridgehead atoms. The second-order valence-corrected chi connectivity index (χ2v) is 16.0. The summed E-state index contributed by atoms with van der Waals surface area (Å²) in [6.07, 6.45) is 0. The van der Waals surface area contributed by atoms with Gasteiger partial charge in [-0.3, -0.25) is 0 Å². The fraction of sp³-hybridized carbons (Fsp3) is 0. The highest BCUT2D eigenvalue weighted by Crippen LogP contribution is 2.44. The molecule has 6 heteroatoms. The average Bonchev–Trinajstić information content (AvgIpc) is 3.86. The summed E-state index contributed by atoms with van der Waals surface area (Å²) in [6, 6.07) is 63.9. The third-order valence-corrected chi connectivity index (χ3v) is 12.5. The van der Waals surface area contributed by atoms with Gasteiger partial charge in [-0.05, 0) is 63.4 Å². The largest absolute Gasteiger partial charge is 0.236 e. The fourth-order valence-corrected chi connectivity index (χ4v) is 9.79. The highest BCUT2D eigenvalue weighted by molar-refractivity contribution is 7.26. The second kappa shape index (κ2) is 13.5. The molecule has 0 saturated carbocycles. The van der Waals surface area contributed by atoms with Crippen molar-refractivity contribution in [1.82, 2.24) is 19.9 Å². The standard InChI is InChI=1S/C50H30N4S2/c1-4-13-31(14-5-1)34-19-10-21-36(27-34)48-52-47(32-15-6-2-7-16-32)53-49(54-48)37-25-26-38-35(28-37)20-11-22-39(38)40-23-12-24-43-46(40)41-29-45-42(30-44(41)55-43)51-50(56-45)33-17-8-3-9-18-33/h1-30H. The van der Waals surface area contributed by atoms with Crippen molar-refractivity contribution in [3.05, 3.63) is 182 Å². The molecule has 0 unspecified atom stereocenters. The predicted molar refractivity (Wildman–Crippen MR) is 236 cm³/mol. The van der Waals surface area contributed by atoms with E-state index in [-0.39, 0.29) is 0 Å². The number of hydrogen-bond acceptors (Lipinski definition) is 6. The van der Waals surface area contributed by atoms with E-state index in [1.165, 1.54) is 41.4 Å². The number of nitrogens with zero attached hydrogens (tertiary/aromatic N) is 4. The lowest BCUT2D eigenvalue weighted by Gasteiger charge is -2.12. The quantitative estimate of drug-likeness (QED) is 0.170. The number of thiophene rings is 1. The zero-order chi connectivity index (χ0) is 37.0. The van der Waals surface area contributed by atoms with Gasteiger partial charge in [-0.2, -0.15) is 0 Å². The summed E-state index contributed by atoms with van der Waals surface area (Å²) < 4.78 is 3.72. The minimum atomic E-state index is 0.639. The molecule has 0 atom stereocenters.